The zero-order valence-electron chi connectivity index (χ0n) is 17.8. The molecule has 0 bridgehead atoms. The number of guanidine groups is 1. The summed E-state index contributed by atoms with van der Waals surface area (Å²) in [6.45, 7) is 3.50. The Hall–Kier alpha value is -2.10. The lowest BCUT2D eigenvalue weighted by molar-refractivity contribution is -0.118. The Morgan fingerprint density at radius 1 is 1.30 bits per heavy atom. The van der Waals surface area contributed by atoms with E-state index >= 15 is 0 Å². The molecule has 1 amide bonds. The van der Waals surface area contributed by atoms with Crippen LogP contribution < -0.4 is 10.2 Å². The van der Waals surface area contributed by atoms with Crippen molar-refractivity contribution >= 4 is 41.5 Å². The third-order valence-electron chi connectivity index (χ3n) is 5.93. The predicted molar refractivity (Wildman–Crippen MR) is 131 cm³/mol. The predicted octanol–water partition coefficient (Wildman–Crippen LogP) is 2.77. The van der Waals surface area contributed by atoms with Crippen molar-refractivity contribution in [2.75, 3.05) is 38.1 Å². The van der Waals surface area contributed by atoms with E-state index in [1.807, 2.05) is 48.1 Å². The van der Waals surface area contributed by atoms with Crippen LogP contribution in [0.2, 0.25) is 0 Å². The maximum absolute atomic E-state index is 12.6. The van der Waals surface area contributed by atoms with Crippen LogP contribution in [0.3, 0.4) is 0 Å². The third kappa shape index (κ3) is 4.96. The number of carbonyl (C=O) groups excluding carboxylic acids is 1. The standard InChI is InChI=1S/C22H30N6O.HI/c1-23-22(27-12-9-18(16-27)19-14-25-26(2)15-19)24-11-5-8-21(29)28-13-10-17-6-3-4-7-20(17)28;/h3-4,6-7,14-15,18H,5,8-13,16H2,1-2H3,(H,23,24);1H. The Morgan fingerprint density at radius 2 is 2.13 bits per heavy atom. The summed E-state index contributed by atoms with van der Waals surface area (Å²) in [6.07, 6.45) is 7.49. The van der Waals surface area contributed by atoms with Crippen LogP contribution in [0.4, 0.5) is 5.69 Å². The molecule has 3 heterocycles. The first kappa shape index (κ1) is 22.6. The van der Waals surface area contributed by atoms with Gasteiger partial charge in [0.25, 0.3) is 0 Å². The number of nitrogens with one attached hydrogen (secondary N) is 1. The number of para-hydroxylation sites is 1. The largest absolute Gasteiger partial charge is 0.356 e. The van der Waals surface area contributed by atoms with Crippen molar-refractivity contribution in [2.24, 2.45) is 12.0 Å². The molecule has 162 valence electrons. The second kappa shape index (κ2) is 10.3. The minimum Gasteiger partial charge on any atom is -0.356 e. The van der Waals surface area contributed by atoms with Gasteiger partial charge in [0.05, 0.1) is 6.20 Å². The SMILES string of the molecule is CN=C(NCCCC(=O)N1CCc2ccccc21)N1CCC(c2cnn(C)c2)C1.I. The van der Waals surface area contributed by atoms with Crippen molar-refractivity contribution in [3.63, 3.8) is 0 Å². The summed E-state index contributed by atoms with van der Waals surface area (Å²) in [7, 11) is 3.78. The molecule has 1 fully saturated rings. The van der Waals surface area contributed by atoms with Gasteiger partial charge in [-0.05, 0) is 36.5 Å². The number of fused-ring (bicyclic) bond motifs is 1. The minimum atomic E-state index is 0. The first-order valence-corrected chi connectivity index (χ1v) is 10.5. The Labute approximate surface area is 195 Å². The van der Waals surface area contributed by atoms with Crippen LogP contribution in [0, 0.1) is 0 Å². The summed E-state index contributed by atoms with van der Waals surface area (Å²) in [5.74, 6) is 1.64. The number of benzene rings is 1. The summed E-state index contributed by atoms with van der Waals surface area (Å²) in [5, 5.41) is 7.73. The van der Waals surface area contributed by atoms with E-state index in [0.29, 0.717) is 12.3 Å². The van der Waals surface area contributed by atoms with Gasteiger partial charge in [0.2, 0.25) is 5.91 Å². The second-order valence-corrected chi connectivity index (χ2v) is 7.88. The molecule has 4 rings (SSSR count). The van der Waals surface area contributed by atoms with Gasteiger partial charge in [-0.25, -0.2) is 0 Å². The fraction of sp³-hybridized carbons (Fsp3) is 0.500. The molecule has 1 aromatic carbocycles. The van der Waals surface area contributed by atoms with Crippen LogP contribution in [0.1, 0.15) is 36.3 Å². The summed E-state index contributed by atoms with van der Waals surface area (Å²) in [6, 6.07) is 8.21. The minimum absolute atomic E-state index is 0. The van der Waals surface area contributed by atoms with Gasteiger partial charge in [-0.15, -0.1) is 24.0 Å². The molecule has 2 aliphatic rings. The lowest BCUT2D eigenvalue weighted by atomic mass is 10.0. The van der Waals surface area contributed by atoms with Crippen molar-refractivity contribution in [1.82, 2.24) is 20.0 Å². The molecular formula is C22H31IN6O. The Morgan fingerprint density at radius 3 is 2.90 bits per heavy atom. The van der Waals surface area contributed by atoms with Gasteiger partial charge in [-0.1, -0.05) is 18.2 Å². The number of anilines is 1. The van der Waals surface area contributed by atoms with E-state index in [1.165, 1.54) is 11.1 Å². The third-order valence-corrected chi connectivity index (χ3v) is 5.93. The number of nitrogens with zero attached hydrogens (tertiary/aromatic N) is 5. The van der Waals surface area contributed by atoms with Crippen molar-refractivity contribution in [1.29, 1.82) is 0 Å². The van der Waals surface area contributed by atoms with Crippen LogP contribution >= 0.6 is 24.0 Å². The number of aryl methyl sites for hydroxylation is 1. The van der Waals surface area contributed by atoms with Crippen LogP contribution in [-0.2, 0) is 18.3 Å². The smallest absolute Gasteiger partial charge is 0.227 e. The fourth-order valence-electron chi connectivity index (χ4n) is 4.38. The number of carbonyl (C=O) groups is 1. The normalized spacial score (nSPS) is 18.3. The van der Waals surface area contributed by atoms with Gasteiger partial charge in [0.1, 0.15) is 0 Å². The monoisotopic (exact) mass is 522 g/mol. The molecule has 1 atom stereocenters. The van der Waals surface area contributed by atoms with Gasteiger partial charge in [-0.2, -0.15) is 5.10 Å². The average molecular weight is 522 g/mol. The maximum atomic E-state index is 12.6. The highest BCUT2D eigenvalue weighted by Gasteiger charge is 2.27. The topological polar surface area (TPSA) is 65.8 Å². The van der Waals surface area contributed by atoms with Crippen molar-refractivity contribution in [3.05, 3.63) is 47.8 Å². The van der Waals surface area contributed by atoms with Crippen molar-refractivity contribution in [2.45, 2.75) is 31.6 Å². The molecule has 0 aliphatic carbocycles. The van der Waals surface area contributed by atoms with Gasteiger partial charge >= 0.3 is 0 Å². The number of halogens is 1. The van der Waals surface area contributed by atoms with E-state index in [9.17, 15) is 4.79 Å². The highest BCUT2D eigenvalue weighted by molar-refractivity contribution is 14.0. The van der Waals surface area contributed by atoms with E-state index in [0.717, 1.165) is 57.1 Å². The van der Waals surface area contributed by atoms with Crippen LogP contribution in [-0.4, -0.2) is 59.8 Å². The molecule has 1 N–H and O–H groups in total. The summed E-state index contributed by atoms with van der Waals surface area (Å²) >= 11 is 0. The van der Waals surface area contributed by atoms with E-state index in [1.54, 1.807) is 0 Å². The quantitative estimate of drug-likeness (QED) is 0.284. The Bertz CT molecular complexity index is 895. The Kier molecular flexibility index (Phi) is 7.74. The van der Waals surface area contributed by atoms with Crippen LogP contribution in [0.15, 0.2) is 41.7 Å². The molecule has 0 spiro atoms. The summed E-state index contributed by atoms with van der Waals surface area (Å²) in [4.78, 5) is 21.3. The average Bonchev–Trinajstić information content (AvgIpc) is 3.47. The summed E-state index contributed by atoms with van der Waals surface area (Å²) in [5.41, 5.74) is 3.65. The molecule has 7 nitrogen and oxygen atoms in total. The number of hydrogen-bond donors (Lipinski definition) is 1. The number of likely N-dealkylation sites (tertiary alicyclic amines) is 1. The summed E-state index contributed by atoms with van der Waals surface area (Å²) < 4.78 is 1.86. The van der Waals surface area contributed by atoms with Crippen molar-refractivity contribution in [3.8, 4) is 0 Å². The van der Waals surface area contributed by atoms with Gasteiger partial charge in [0, 0.05) is 64.5 Å². The fourth-order valence-corrected chi connectivity index (χ4v) is 4.38. The lowest BCUT2D eigenvalue weighted by Crippen LogP contribution is -2.40. The highest BCUT2D eigenvalue weighted by Crippen LogP contribution is 2.28. The van der Waals surface area contributed by atoms with Crippen molar-refractivity contribution < 1.29 is 4.79 Å². The molecule has 2 aliphatic heterocycles. The molecule has 2 aromatic rings. The molecule has 1 unspecified atom stereocenters. The van der Waals surface area contributed by atoms with E-state index in [4.69, 9.17) is 0 Å². The van der Waals surface area contributed by atoms with Crippen LogP contribution in [0.25, 0.3) is 0 Å². The highest BCUT2D eigenvalue weighted by atomic mass is 127. The molecule has 1 saturated heterocycles. The van der Waals surface area contributed by atoms with E-state index in [2.05, 4.69) is 32.6 Å². The zero-order valence-corrected chi connectivity index (χ0v) is 20.1. The first-order valence-electron chi connectivity index (χ1n) is 10.5. The second-order valence-electron chi connectivity index (χ2n) is 7.88. The molecule has 30 heavy (non-hydrogen) atoms. The van der Waals surface area contributed by atoms with Gasteiger partial charge in [0.15, 0.2) is 5.96 Å². The number of aromatic nitrogens is 2. The number of rotatable bonds is 5. The molecule has 8 heteroatoms. The first-order chi connectivity index (χ1) is 14.2. The number of hydrogen-bond acceptors (Lipinski definition) is 3. The molecule has 0 saturated carbocycles. The maximum Gasteiger partial charge on any atom is 0.227 e. The number of amides is 1. The van der Waals surface area contributed by atoms with E-state index in [-0.39, 0.29) is 29.9 Å². The lowest BCUT2D eigenvalue weighted by Gasteiger charge is -2.22. The molecular weight excluding hydrogens is 491 g/mol. The van der Waals surface area contributed by atoms with Gasteiger partial charge < -0.3 is 15.1 Å². The molecule has 1 aromatic heterocycles. The zero-order chi connectivity index (χ0) is 20.2. The number of aliphatic imine (C=N–C) groups is 1. The van der Waals surface area contributed by atoms with E-state index < -0.39 is 0 Å². The van der Waals surface area contributed by atoms with Gasteiger partial charge in [-0.3, -0.25) is 14.5 Å². The van der Waals surface area contributed by atoms with Crippen LogP contribution in [0.5, 0.6) is 0 Å². The molecule has 0 radical (unpaired) electrons. The Balaban J connectivity index is 0.00000256.